The minimum atomic E-state index is -0.691. The van der Waals surface area contributed by atoms with Crippen molar-refractivity contribution in [2.24, 2.45) is 5.92 Å². The molecule has 0 aliphatic carbocycles. The molecule has 1 aromatic heterocycles. The Morgan fingerprint density at radius 1 is 1.63 bits per heavy atom. The maximum absolute atomic E-state index is 13.6. The van der Waals surface area contributed by atoms with Crippen LogP contribution in [0.5, 0.6) is 0 Å². The highest BCUT2D eigenvalue weighted by atomic mass is 19.1. The number of esters is 1. The van der Waals surface area contributed by atoms with Crippen molar-refractivity contribution in [3.05, 3.63) is 28.3 Å². The lowest BCUT2D eigenvalue weighted by Gasteiger charge is -2.06. The van der Waals surface area contributed by atoms with Crippen molar-refractivity contribution < 1.29 is 18.4 Å². The van der Waals surface area contributed by atoms with Crippen molar-refractivity contribution in [2.75, 3.05) is 7.11 Å². The number of allylic oxidation sites excluding steroid dienone is 2. The first-order valence-corrected chi connectivity index (χ1v) is 5.91. The Labute approximate surface area is 109 Å². The van der Waals surface area contributed by atoms with Crippen LogP contribution in [0.1, 0.15) is 25.6 Å². The van der Waals surface area contributed by atoms with Gasteiger partial charge in [0.2, 0.25) is 0 Å². The summed E-state index contributed by atoms with van der Waals surface area (Å²) in [6.45, 7) is 3.06. The average Bonchev–Trinajstić information content (AvgIpc) is 2.69. The molecule has 6 nitrogen and oxygen atoms in total. The molecule has 1 aromatic rings. The average molecular weight is 272 g/mol. The molecular formula is C12H17FN2O4. The van der Waals surface area contributed by atoms with E-state index in [2.05, 4.69) is 14.4 Å². The van der Waals surface area contributed by atoms with Gasteiger partial charge in [0.1, 0.15) is 5.83 Å². The molecule has 0 bridgehead atoms. The van der Waals surface area contributed by atoms with Crippen LogP contribution < -0.4 is 5.76 Å². The van der Waals surface area contributed by atoms with Crippen LogP contribution in [0, 0.1) is 12.8 Å². The number of halogens is 1. The normalized spacial score (nSPS) is 13.4. The molecule has 0 spiro atoms. The summed E-state index contributed by atoms with van der Waals surface area (Å²) in [5.74, 6) is -1.44. The molecule has 0 fully saturated rings. The molecule has 0 N–H and O–H groups in total. The van der Waals surface area contributed by atoms with Crippen LogP contribution in [-0.2, 0) is 16.1 Å². The van der Waals surface area contributed by atoms with Crippen molar-refractivity contribution in [1.29, 1.82) is 0 Å². The second-order valence-corrected chi connectivity index (χ2v) is 4.23. The predicted molar refractivity (Wildman–Crippen MR) is 65.1 cm³/mol. The largest absolute Gasteiger partial charge is 0.469 e. The SMILES string of the molecule is COC(=O)C(C)CC/C=C(/F)Cn1c(C)noc1=O. The molecule has 1 heterocycles. The van der Waals surface area contributed by atoms with Gasteiger partial charge in [0.25, 0.3) is 0 Å². The maximum Gasteiger partial charge on any atom is 0.441 e. The van der Waals surface area contributed by atoms with Gasteiger partial charge in [0.15, 0.2) is 5.82 Å². The number of methoxy groups -OCH3 is 1. The van der Waals surface area contributed by atoms with E-state index in [0.717, 1.165) is 4.57 Å². The molecular weight excluding hydrogens is 255 g/mol. The number of aryl methyl sites for hydroxylation is 1. The van der Waals surface area contributed by atoms with Gasteiger partial charge in [0.05, 0.1) is 19.6 Å². The Balaban J connectivity index is 2.50. The first-order chi connectivity index (χ1) is 8.95. The summed E-state index contributed by atoms with van der Waals surface area (Å²) >= 11 is 0. The number of nitrogens with zero attached hydrogens (tertiary/aromatic N) is 2. The smallest absolute Gasteiger partial charge is 0.441 e. The summed E-state index contributed by atoms with van der Waals surface area (Å²) < 4.78 is 23.6. The number of hydrogen-bond donors (Lipinski definition) is 0. The molecule has 1 atom stereocenters. The van der Waals surface area contributed by atoms with Crippen LogP contribution in [0.3, 0.4) is 0 Å². The zero-order valence-electron chi connectivity index (χ0n) is 11.2. The third-order valence-corrected chi connectivity index (χ3v) is 2.75. The zero-order chi connectivity index (χ0) is 14.4. The van der Waals surface area contributed by atoms with Crippen LogP contribution in [-0.4, -0.2) is 22.8 Å². The molecule has 106 valence electrons. The Bertz CT molecular complexity index is 518. The number of carbonyl (C=O) groups is 1. The lowest BCUT2D eigenvalue weighted by molar-refractivity contribution is -0.145. The standard InChI is InChI=1S/C12H17FN2O4/c1-8(11(16)18-3)5-4-6-10(13)7-15-9(2)14-19-12(15)17/h6,8H,4-5,7H2,1-3H3/b10-6+. The molecule has 0 aliphatic rings. The van der Waals surface area contributed by atoms with E-state index in [1.165, 1.54) is 13.2 Å². The highest BCUT2D eigenvalue weighted by Gasteiger charge is 2.12. The number of carbonyl (C=O) groups excluding carboxylic acids is 1. The topological polar surface area (TPSA) is 74.3 Å². The fourth-order valence-corrected chi connectivity index (χ4v) is 1.54. The van der Waals surface area contributed by atoms with E-state index in [9.17, 15) is 14.0 Å². The van der Waals surface area contributed by atoms with Crippen LogP contribution >= 0.6 is 0 Å². The first-order valence-electron chi connectivity index (χ1n) is 5.91. The van der Waals surface area contributed by atoms with Gasteiger partial charge in [-0.2, -0.15) is 0 Å². The highest BCUT2D eigenvalue weighted by Crippen LogP contribution is 2.11. The van der Waals surface area contributed by atoms with E-state index >= 15 is 0 Å². The fraction of sp³-hybridized carbons (Fsp3) is 0.583. The molecule has 0 saturated heterocycles. The molecule has 1 rings (SSSR count). The summed E-state index contributed by atoms with van der Waals surface area (Å²) in [5.41, 5.74) is 0. The van der Waals surface area contributed by atoms with Crippen LogP contribution in [0.2, 0.25) is 0 Å². The van der Waals surface area contributed by atoms with E-state index in [1.54, 1.807) is 13.8 Å². The summed E-state index contributed by atoms with van der Waals surface area (Å²) in [5, 5.41) is 3.43. The van der Waals surface area contributed by atoms with Crippen molar-refractivity contribution >= 4 is 5.97 Å². The van der Waals surface area contributed by atoms with Gasteiger partial charge in [-0.05, 0) is 19.8 Å². The van der Waals surface area contributed by atoms with Crippen LogP contribution in [0.4, 0.5) is 4.39 Å². The summed E-state index contributed by atoms with van der Waals surface area (Å²) in [6, 6.07) is 0. The van der Waals surface area contributed by atoms with E-state index < -0.39 is 11.6 Å². The summed E-state index contributed by atoms with van der Waals surface area (Å²) in [4.78, 5) is 22.3. The third-order valence-electron chi connectivity index (χ3n) is 2.75. The molecule has 0 aromatic carbocycles. The molecule has 0 amide bonds. The molecule has 0 aliphatic heterocycles. The van der Waals surface area contributed by atoms with Gasteiger partial charge in [-0.1, -0.05) is 18.2 Å². The quantitative estimate of drug-likeness (QED) is 0.735. The fourth-order valence-electron chi connectivity index (χ4n) is 1.54. The first kappa shape index (κ1) is 15.1. The lowest BCUT2D eigenvalue weighted by atomic mass is 10.1. The van der Waals surface area contributed by atoms with Crippen molar-refractivity contribution in [3.8, 4) is 0 Å². The Kier molecular flexibility index (Phi) is 5.47. The minimum Gasteiger partial charge on any atom is -0.469 e. The van der Waals surface area contributed by atoms with Gasteiger partial charge in [-0.25, -0.2) is 9.18 Å². The Hall–Kier alpha value is -1.92. The van der Waals surface area contributed by atoms with Crippen molar-refractivity contribution in [3.63, 3.8) is 0 Å². The van der Waals surface area contributed by atoms with Crippen molar-refractivity contribution in [1.82, 2.24) is 9.72 Å². The lowest BCUT2D eigenvalue weighted by Crippen LogP contribution is -2.16. The number of rotatable bonds is 6. The Morgan fingerprint density at radius 3 is 2.84 bits per heavy atom. The van der Waals surface area contributed by atoms with E-state index in [-0.39, 0.29) is 18.4 Å². The maximum atomic E-state index is 13.6. The van der Waals surface area contributed by atoms with Crippen molar-refractivity contribution in [2.45, 2.75) is 33.2 Å². The molecule has 19 heavy (non-hydrogen) atoms. The summed E-state index contributed by atoms with van der Waals surface area (Å²) in [7, 11) is 1.32. The van der Waals surface area contributed by atoms with E-state index in [1.807, 2.05) is 0 Å². The number of aromatic nitrogens is 2. The van der Waals surface area contributed by atoms with Gasteiger partial charge in [-0.3, -0.25) is 13.9 Å². The second-order valence-electron chi connectivity index (χ2n) is 4.23. The highest BCUT2D eigenvalue weighted by molar-refractivity contribution is 5.71. The monoisotopic (exact) mass is 272 g/mol. The minimum absolute atomic E-state index is 0.208. The molecule has 0 radical (unpaired) electrons. The molecule has 1 unspecified atom stereocenters. The third kappa shape index (κ3) is 4.35. The van der Waals surface area contributed by atoms with Gasteiger partial charge in [0, 0.05) is 0 Å². The second kappa shape index (κ2) is 6.86. The van der Waals surface area contributed by atoms with Crippen LogP contribution in [0.25, 0.3) is 0 Å². The van der Waals surface area contributed by atoms with Gasteiger partial charge in [-0.15, -0.1) is 0 Å². The van der Waals surface area contributed by atoms with E-state index in [0.29, 0.717) is 18.7 Å². The molecule has 0 saturated carbocycles. The number of ether oxygens (including phenoxy) is 1. The van der Waals surface area contributed by atoms with Gasteiger partial charge < -0.3 is 4.74 Å². The Morgan fingerprint density at radius 2 is 2.32 bits per heavy atom. The molecule has 7 heteroatoms. The van der Waals surface area contributed by atoms with Crippen LogP contribution in [0.15, 0.2) is 21.2 Å². The van der Waals surface area contributed by atoms with E-state index in [4.69, 9.17) is 0 Å². The predicted octanol–water partition coefficient (Wildman–Crippen LogP) is 1.59. The summed E-state index contributed by atoms with van der Waals surface area (Å²) in [6.07, 6.45) is 2.22. The number of hydrogen-bond acceptors (Lipinski definition) is 5. The van der Waals surface area contributed by atoms with Gasteiger partial charge >= 0.3 is 11.7 Å². The zero-order valence-corrected chi connectivity index (χ0v) is 11.2.